The number of hydrogen-bond donors (Lipinski definition) is 0. The Kier molecular flexibility index (Phi) is 9.03. The number of rotatable bonds is 6. The first-order chi connectivity index (χ1) is 24.8. The quantitative estimate of drug-likeness (QED) is 0.169. The summed E-state index contributed by atoms with van der Waals surface area (Å²) in [6.45, 7) is 0.693. The fraction of sp³-hybridized carbons (Fsp3) is 0.0851. The lowest BCUT2D eigenvalue weighted by molar-refractivity contribution is 0.702. The molecule has 3 unspecified atom stereocenters. The molecule has 0 saturated heterocycles. The summed E-state index contributed by atoms with van der Waals surface area (Å²) >= 11 is 0. The topological polar surface area (TPSA) is 38.1 Å². The summed E-state index contributed by atoms with van der Waals surface area (Å²) < 4.78 is 0. The van der Waals surface area contributed by atoms with Crippen LogP contribution in [0.1, 0.15) is 28.7 Å². The van der Waals surface area contributed by atoms with Gasteiger partial charge < -0.3 is 0 Å². The van der Waals surface area contributed by atoms with Crippen LogP contribution in [0.4, 0.5) is 0 Å². The van der Waals surface area contributed by atoms with Gasteiger partial charge in [0, 0.05) is 41.6 Å². The molecule has 0 N–H and O–H groups in total. The van der Waals surface area contributed by atoms with Crippen molar-refractivity contribution >= 4 is 33.8 Å². The molecule has 1 aliphatic carbocycles. The number of benzene rings is 5. The molecule has 0 radical (unpaired) electrons. The van der Waals surface area contributed by atoms with Crippen molar-refractivity contribution in [3.63, 3.8) is 0 Å². The third kappa shape index (κ3) is 6.72. The molecular formula is C47H37N3. The Morgan fingerprint density at radius 1 is 0.560 bits per heavy atom. The SMILES string of the molecule is C1=CC(/C=C/c2cc(-c3cc4ccccc4c4ccccc34)nc(-c3ccc(C4/C=C/C=C\C=C/C=N/C4)cc3)n2)C(c2ccccc2)C=C1. The van der Waals surface area contributed by atoms with E-state index in [1.165, 1.54) is 32.7 Å². The van der Waals surface area contributed by atoms with Crippen LogP contribution < -0.4 is 0 Å². The largest absolute Gasteiger partial charge is 0.292 e. The monoisotopic (exact) mass is 643 g/mol. The third-order valence-corrected chi connectivity index (χ3v) is 9.52. The summed E-state index contributed by atoms with van der Waals surface area (Å²) in [6.07, 6.45) is 27.5. The number of fused-ring (bicyclic) bond motifs is 3. The minimum absolute atomic E-state index is 0.182. The second kappa shape index (κ2) is 14.5. The van der Waals surface area contributed by atoms with E-state index >= 15 is 0 Å². The molecule has 5 aromatic carbocycles. The van der Waals surface area contributed by atoms with Crippen molar-refractivity contribution in [2.75, 3.05) is 6.54 Å². The molecule has 0 saturated carbocycles. The zero-order valence-corrected chi connectivity index (χ0v) is 27.8. The Morgan fingerprint density at radius 2 is 1.28 bits per heavy atom. The molecule has 2 heterocycles. The minimum Gasteiger partial charge on any atom is -0.292 e. The van der Waals surface area contributed by atoms with Crippen molar-refractivity contribution in [1.29, 1.82) is 0 Å². The first-order valence-corrected chi connectivity index (χ1v) is 17.3. The molecule has 3 nitrogen and oxygen atoms in total. The van der Waals surface area contributed by atoms with Gasteiger partial charge in [0.25, 0.3) is 0 Å². The zero-order chi connectivity index (χ0) is 33.5. The minimum atomic E-state index is 0.182. The lowest BCUT2D eigenvalue weighted by atomic mass is 9.83. The van der Waals surface area contributed by atoms with Crippen molar-refractivity contribution in [2.24, 2.45) is 10.9 Å². The standard InChI is InChI=1S/C47H37N3/c1-2-5-19-39(33-48-30-14-3-1)34-24-26-37(27-25-34)47-49-40(29-28-36-17-8-10-20-41(36)35-15-6-4-7-16-35)32-46(50-47)45-31-38-18-9-11-21-42(38)43-22-12-13-23-44(43)45/h1-32,36,39,41H,33H2/b2-1-,14-3-,19-5+,29-28+,48-30+. The van der Waals surface area contributed by atoms with Crippen LogP contribution in [-0.2, 0) is 0 Å². The van der Waals surface area contributed by atoms with Gasteiger partial charge in [0.05, 0.1) is 11.4 Å². The summed E-state index contributed by atoms with van der Waals surface area (Å²) in [5.41, 5.74) is 6.38. The number of hydrogen-bond acceptors (Lipinski definition) is 3. The van der Waals surface area contributed by atoms with Crippen LogP contribution in [0, 0.1) is 5.92 Å². The number of aromatic nitrogens is 2. The number of nitrogens with zero attached hydrogens (tertiary/aromatic N) is 3. The van der Waals surface area contributed by atoms with Gasteiger partial charge in [-0.2, -0.15) is 0 Å². The van der Waals surface area contributed by atoms with Gasteiger partial charge in [-0.1, -0.05) is 164 Å². The van der Waals surface area contributed by atoms with E-state index in [-0.39, 0.29) is 17.8 Å². The normalized spacial score (nSPS) is 21.3. The summed E-state index contributed by atoms with van der Waals surface area (Å²) in [5, 5.41) is 4.84. The Hall–Kier alpha value is -6.19. The van der Waals surface area contributed by atoms with Gasteiger partial charge >= 0.3 is 0 Å². The maximum atomic E-state index is 5.26. The maximum absolute atomic E-state index is 5.26. The van der Waals surface area contributed by atoms with E-state index in [1.807, 2.05) is 24.4 Å². The van der Waals surface area contributed by atoms with E-state index in [9.17, 15) is 0 Å². The highest BCUT2D eigenvalue weighted by atomic mass is 14.9. The number of allylic oxidation sites excluding steroid dienone is 10. The highest BCUT2D eigenvalue weighted by molar-refractivity contribution is 6.13. The van der Waals surface area contributed by atoms with Crippen molar-refractivity contribution in [3.8, 4) is 22.6 Å². The first kappa shape index (κ1) is 31.1. The molecule has 0 amide bonds. The molecule has 1 aromatic heterocycles. The highest BCUT2D eigenvalue weighted by Crippen LogP contribution is 2.36. The molecule has 6 aromatic rings. The summed E-state index contributed by atoms with van der Waals surface area (Å²) in [5.74, 6) is 1.36. The summed E-state index contributed by atoms with van der Waals surface area (Å²) in [4.78, 5) is 15.0. The van der Waals surface area contributed by atoms with E-state index in [0.717, 1.165) is 22.5 Å². The van der Waals surface area contributed by atoms with Gasteiger partial charge in [0.15, 0.2) is 5.82 Å². The average Bonchev–Trinajstić information content (AvgIpc) is 3.19. The lowest BCUT2D eigenvalue weighted by Crippen LogP contribution is -2.08. The van der Waals surface area contributed by atoms with E-state index in [0.29, 0.717) is 12.4 Å². The van der Waals surface area contributed by atoms with Gasteiger partial charge in [-0.15, -0.1) is 0 Å². The molecular weight excluding hydrogens is 607 g/mol. The van der Waals surface area contributed by atoms with Crippen LogP contribution in [0.25, 0.3) is 50.3 Å². The Balaban J connectivity index is 1.22. The molecule has 1 aliphatic heterocycles. The fourth-order valence-electron chi connectivity index (χ4n) is 6.94. The van der Waals surface area contributed by atoms with Crippen LogP contribution >= 0.6 is 0 Å². The first-order valence-electron chi connectivity index (χ1n) is 17.3. The molecule has 8 rings (SSSR count). The van der Waals surface area contributed by atoms with Gasteiger partial charge in [0.1, 0.15) is 0 Å². The second-order valence-corrected chi connectivity index (χ2v) is 12.7. The van der Waals surface area contributed by atoms with E-state index in [2.05, 4.69) is 175 Å². The molecule has 3 heteroatoms. The van der Waals surface area contributed by atoms with Crippen LogP contribution in [0.2, 0.25) is 0 Å². The predicted octanol–water partition coefficient (Wildman–Crippen LogP) is 11.5. The van der Waals surface area contributed by atoms with Crippen molar-refractivity contribution in [1.82, 2.24) is 9.97 Å². The van der Waals surface area contributed by atoms with Gasteiger partial charge in [-0.05, 0) is 57.0 Å². The third-order valence-electron chi connectivity index (χ3n) is 9.52. The van der Waals surface area contributed by atoms with Crippen LogP contribution in [0.15, 0.2) is 187 Å². The van der Waals surface area contributed by atoms with E-state index in [1.54, 1.807) is 0 Å². The highest BCUT2D eigenvalue weighted by Gasteiger charge is 2.19. The Bertz CT molecular complexity index is 2350. The Labute approximate surface area is 293 Å². The molecule has 0 spiro atoms. The Morgan fingerprint density at radius 3 is 2.16 bits per heavy atom. The predicted molar refractivity (Wildman–Crippen MR) is 211 cm³/mol. The molecule has 2 aliphatic rings. The smallest absolute Gasteiger partial charge is 0.160 e. The van der Waals surface area contributed by atoms with Crippen molar-refractivity contribution in [3.05, 3.63) is 199 Å². The van der Waals surface area contributed by atoms with Gasteiger partial charge in [-0.25, -0.2) is 9.97 Å². The van der Waals surface area contributed by atoms with Crippen LogP contribution in [-0.4, -0.2) is 22.7 Å². The summed E-state index contributed by atoms with van der Waals surface area (Å²) in [7, 11) is 0. The lowest BCUT2D eigenvalue weighted by Gasteiger charge is -2.22. The maximum Gasteiger partial charge on any atom is 0.160 e. The summed E-state index contributed by atoms with van der Waals surface area (Å²) in [6, 6.07) is 41.0. The molecule has 240 valence electrons. The van der Waals surface area contributed by atoms with E-state index < -0.39 is 0 Å². The van der Waals surface area contributed by atoms with E-state index in [4.69, 9.17) is 9.97 Å². The van der Waals surface area contributed by atoms with Crippen LogP contribution in [0.5, 0.6) is 0 Å². The van der Waals surface area contributed by atoms with Gasteiger partial charge in [0.2, 0.25) is 0 Å². The van der Waals surface area contributed by atoms with Gasteiger partial charge in [-0.3, -0.25) is 4.99 Å². The number of aliphatic imine (C=N–C) groups is 1. The van der Waals surface area contributed by atoms with Crippen LogP contribution in [0.3, 0.4) is 0 Å². The zero-order valence-electron chi connectivity index (χ0n) is 27.8. The molecule has 0 fully saturated rings. The molecule has 50 heavy (non-hydrogen) atoms. The van der Waals surface area contributed by atoms with Crippen molar-refractivity contribution in [2.45, 2.75) is 11.8 Å². The molecule has 3 atom stereocenters. The second-order valence-electron chi connectivity index (χ2n) is 12.7. The average molecular weight is 644 g/mol. The molecule has 0 bridgehead atoms. The fourth-order valence-corrected chi connectivity index (χ4v) is 6.94. The van der Waals surface area contributed by atoms with Crippen molar-refractivity contribution < 1.29 is 0 Å².